The maximum atomic E-state index is 5.43. The van der Waals surface area contributed by atoms with Crippen LogP contribution in [-0.2, 0) is 20.1 Å². The third-order valence-electron chi connectivity index (χ3n) is 4.07. The molecule has 0 radical (unpaired) electrons. The molecule has 0 aliphatic heterocycles. The van der Waals surface area contributed by atoms with Crippen LogP contribution in [-0.4, -0.2) is 34.7 Å². The summed E-state index contributed by atoms with van der Waals surface area (Å²) in [7, 11) is 5.83. The largest absolute Gasteiger partial charge is 0.359 e. The monoisotopic (exact) mass is 465 g/mol. The molecule has 2 heterocycles. The Morgan fingerprint density at radius 1 is 1.23 bits per heavy atom. The first-order chi connectivity index (χ1) is 12.2. The van der Waals surface area contributed by atoms with Gasteiger partial charge in [-0.3, -0.25) is 4.99 Å². The summed E-state index contributed by atoms with van der Waals surface area (Å²) < 4.78 is 7.53. The molecular weight excluding hydrogens is 441 g/mol. The third-order valence-corrected chi connectivity index (χ3v) is 4.07. The van der Waals surface area contributed by atoms with E-state index in [4.69, 9.17) is 4.52 Å². The van der Waals surface area contributed by atoms with Crippen molar-refractivity contribution in [1.29, 1.82) is 0 Å². The smallest absolute Gasteiger partial charge is 0.194 e. The fourth-order valence-electron chi connectivity index (χ4n) is 2.67. The molecule has 0 bridgehead atoms. The highest BCUT2D eigenvalue weighted by Gasteiger charge is 2.11. The van der Waals surface area contributed by atoms with Gasteiger partial charge in [0.25, 0.3) is 0 Å². The van der Waals surface area contributed by atoms with Crippen LogP contribution in [0.2, 0.25) is 0 Å². The van der Waals surface area contributed by atoms with Crippen LogP contribution in [0.1, 0.15) is 11.5 Å². The predicted molar refractivity (Wildman–Crippen MR) is 114 cm³/mol. The normalized spacial score (nSPS) is 11.1. The van der Waals surface area contributed by atoms with Crippen molar-refractivity contribution in [1.82, 2.24) is 19.9 Å². The van der Waals surface area contributed by atoms with Crippen molar-refractivity contribution < 1.29 is 4.52 Å². The van der Waals surface area contributed by atoms with Gasteiger partial charge in [-0.2, -0.15) is 0 Å². The molecular formula is C19H24IN5O. The molecule has 1 N–H and O–H groups in total. The number of benzene rings is 1. The Labute approximate surface area is 170 Å². The molecule has 0 saturated carbocycles. The standard InChI is InChI=1S/C19H23N5O.HI/c1-20-19(24(3)14-16-10-7-11-23(16)2)21-13-17-12-18(22-25-17)15-8-5-4-6-9-15;/h4-12H,13-14H2,1-3H3,(H,20,21);1H. The summed E-state index contributed by atoms with van der Waals surface area (Å²) in [4.78, 5) is 6.41. The van der Waals surface area contributed by atoms with E-state index in [0.29, 0.717) is 6.54 Å². The fourth-order valence-corrected chi connectivity index (χ4v) is 2.67. The highest BCUT2D eigenvalue weighted by molar-refractivity contribution is 14.0. The van der Waals surface area contributed by atoms with E-state index in [-0.39, 0.29) is 24.0 Å². The molecule has 0 unspecified atom stereocenters. The summed E-state index contributed by atoms with van der Waals surface area (Å²) in [6.07, 6.45) is 2.04. The highest BCUT2D eigenvalue weighted by atomic mass is 127. The van der Waals surface area contributed by atoms with Crippen molar-refractivity contribution in [2.24, 2.45) is 12.0 Å². The number of nitrogens with zero attached hydrogens (tertiary/aromatic N) is 4. The summed E-state index contributed by atoms with van der Waals surface area (Å²) in [5.41, 5.74) is 3.10. The Balaban J connectivity index is 0.00000243. The topological polar surface area (TPSA) is 58.6 Å². The van der Waals surface area contributed by atoms with Crippen LogP contribution in [0.25, 0.3) is 11.3 Å². The average Bonchev–Trinajstić information content (AvgIpc) is 3.26. The lowest BCUT2D eigenvalue weighted by molar-refractivity contribution is 0.377. The number of aromatic nitrogens is 2. The molecule has 7 heteroatoms. The lowest BCUT2D eigenvalue weighted by Crippen LogP contribution is -2.38. The van der Waals surface area contributed by atoms with Crippen molar-refractivity contribution >= 4 is 29.9 Å². The summed E-state index contributed by atoms with van der Waals surface area (Å²) in [6.45, 7) is 1.30. The SMILES string of the molecule is CN=C(NCc1cc(-c2ccccc2)no1)N(C)Cc1cccn1C.I. The third kappa shape index (κ3) is 4.87. The summed E-state index contributed by atoms with van der Waals surface area (Å²) in [5.74, 6) is 1.58. The maximum Gasteiger partial charge on any atom is 0.194 e. The van der Waals surface area contributed by atoms with Gasteiger partial charge in [0.2, 0.25) is 0 Å². The molecule has 26 heavy (non-hydrogen) atoms. The van der Waals surface area contributed by atoms with Crippen LogP contribution in [0.15, 0.2) is 64.2 Å². The fraction of sp³-hybridized carbons (Fsp3) is 0.263. The van der Waals surface area contributed by atoms with E-state index in [9.17, 15) is 0 Å². The van der Waals surface area contributed by atoms with Gasteiger partial charge in [0.15, 0.2) is 11.7 Å². The Bertz CT molecular complexity index is 841. The molecule has 2 aromatic heterocycles. The molecule has 0 amide bonds. The molecule has 0 atom stereocenters. The van der Waals surface area contributed by atoms with Crippen LogP contribution < -0.4 is 5.32 Å². The van der Waals surface area contributed by atoms with Crippen LogP contribution in [0.4, 0.5) is 0 Å². The van der Waals surface area contributed by atoms with E-state index >= 15 is 0 Å². The first kappa shape index (κ1) is 20.0. The lowest BCUT2D eigenvalue weighted by atomic mass is 10.1. The zero-order valence-electron chi connectivity index (χ0n) is 15.2. The van der Waals surface area contributed by atoms with Crippen molar-refractivity contribution in [2.45, 2.75) is 13.1 Å². The summed E-state index contributed by atoms with van der Waals surface area (Å²) >= 11 is 0. The summed E-state index contributed by atoms with van der Waals surface area (Å²) in [6, 6.07) is 16.1. The number of hydrogen-bond donors (Lipinski definition) is 1. The molecule has 0 aliphatic rings. The van der Waals surface area contributed by atoms with Gasteiger partial charge in [-0.05, 0) is 12.1 Å². The van der Waals surface area contributed by atoms with E-state index in [1.54, 1.807) is 7.05 Å². The molecule has 0 saturated heterocycles. The van der Waals surface area contributed by atoms with Crippen molar-refractivity contribution in [3.8, 4) is 11.3 Å². The Kier molecular flexibility index (Phi) is 7.26. The molecule has 1 aromatic carbocycles. The second kappa shape index (κ2) is 9.42. The Morgan fingerprint density at radius 3 is 2.65 bits per heavy atom. The minimum absolute atomic E-state index is 0. The molecule has 138 valence electrons. The number of rotatable bonds is 5. The van der Waals surface area contributed by atoms with Crippen molar-refractivity contribution in [3.63, 3.8) is 0 Å². The van der Waals surface area contributed by atoms with Crippen molar-refractivity contribution in [2.75, 3.05) is 14.1 Å². The van der Waals surface area contributed by atoms with E-state index in [2.05, 4.69) is 31.0 Å². The van der Waals surface area contributed by atoms with Crippen LogP contribution in [0.3, 0.4) is 0 Å². The minimum Gasteiger partial charge on any atom is -0.359 e. The van der Waals surface area contributed by atoms with Gasteiger partial charge >= 0.3 is 0 Å². The van der Waals surface area contributed by atoms with E-state index in [0.717, 1.165) is 29.5 Å². The summed E-state index contributed by atoms with van der Waals surface area (Å²) in [5, 5.41) is 7.45. The number of guanidine groups is 1. The molecule has 3 rings (SSSR count). The second-order valence-corrected chi connectivity index (χ2v) is 5.91. The first-order valence-electron chi connectivity index (χ1n) is 8.20. The number of halogens is 1. The van der Waals surface area contributed by atoms with Crippen LogP contribution in [0, 0.1) is 0 Å². The van der Waals surface area contributed by atoms with Crippen LogP contribution in [0.5, 0.6) is 0 Å². The zero-order chi connectivity index (χ0) is 17.6. The average molecular weight is 465 g/mol. The first-order valence-corrected chi connectivity index (χ1v) is 8.20. The van der Waals surface area contributed by atoms with Gasteiger partial charge < -0.3 is 19.3 Å². The zero-order valence-corrected chi connectivity index (χ0v) is 17.5. The Hall–Kier alpha value is -2.29. The molecule has 0 spiro atoms. The van der Waals surface area contributed by atoms with Gasteiger partial charge in [-0.1, -0.05) is 35.5 Å². The maximum absolute atomic E-state index is 5.43. The molecule has 0 fully saturated rings. The van der Waals surface area contributed by atoms with Gasteiger partial charge in [-0.15, -0.1) is 24.0 Å². The number of aliphatic imine (C=N–C) groups is 1. The number of hydrogen-bond acceptors (Lipinski definition) is 3. The second-order valence-electron chi connectivity index (χ2n) is 5.91. The number of nitrogens with one attached hydrogen (secondary N) is 1. The van der Waals surface area contributed by atoms with E-state index in [1.807, 2.05) is 62.8 Å². The van der Waals surface area contributed by atoms with E-state index in [1.165, 1.54) is 5.69 Å². The quantitative estimate of drug-likeness (QED) is 0.356. The number of aryl methyl sites for hydroxylation is 1. The Morgan fingerprint density at radius 2 is 2.00 bits per heavy atom. The lowest BCUT2D eigenvalue weighted by Gasteiger charge is -2.21. The van der Waals surface area contributed by atoms with E-state index < -0.39 is 0 Å². The van der Waals surface area contributed by atoms with Gasteiger partial charge in [0.05, 0.1) is 13.1 Å². The molecule has 3 aromatic rings. The minimum atomic E-state index is 0. The van der Waals surface area contributed by atoms with Gasteiger partial charge in [-0.25, -0.2) is 0 Å². The van der Waals surface area contributed by atoms with Crippen molar-refractivity contribution in [3.05, 3.63) is 66.2 Å². The van der Waals surface area contributed by atoms with Crippen LogP contribution >= 0.6 is 24.0 Å². The molecule has 6 nitrogen and oxygen atoms in total. The molecule has 0 aliphatic carbocycles. The van der Waals surface area contributed by atoms with Gasteiger partial charge in [0.1, 0.15) is 5.69 Å². The predicted octanol–water partition coefficient (Wildman–Crippen LogP) is 3.51. The van der Waals surface area contributed by atoms with Gasteiger partial charge in [0, 0.05) is 44.7 Å². The highest BCUT2D eigenvalue weighted by Crippen LogP contribution is 2.18.